The Kier molecular flexibility index (Phi) is 11.6. The summed E-state index contributed by atoms with van der Waals surface area (Å²) in [4.78, 5) is 21.6. The van der Waals surface area contributed by atoms with Crippen LogP contribution < -0.4 is 14.4 Å². The number of ether oxygens (including phenoxy) is 2. The molecule has 306 valence electrons. The van der Waals surface area contributed by atoms with Crippen LogP contribution in [0.5, 0.6) is 5.75 Å². The highest BCUT2D eigenvalue weighted by atomic mass is 35.5. The molecule has 2 bridgehead atoms. The van der Waals surface area contributed by atoms with Crippen molar-refractivity contribution in [1.29, 1.82) is 0 Å². The van der Waals surface area contributed by atoms with Gasteiger partial charge in [-0.2, -0.15) is 0 Å². The maximum Gasteiger partial charge on any atom is 0.264 e. The van der Waals surface area contributed by atoms with Gasteiger partial charge in [0.05, 0.1) is 24.2 Å². The summed E-state index contributed by atoms with van der Waals surface area (Å²) in [6.07, 6.45) is 14.2. The van der Waals surface area contributed by atoms with E-state index in [4.69, 9.17) is 21.1 Å². The van der Waals surface area contributed by atoms with Gasteiger partial charge in [-0.05, 0) is 130 Å². The van der Waals surface area contributed by atoms with Crippen LogP contribution in [0.3, 0.4) is 0 Å². The largest absolute Gasteiger partial charge is 0.490 e. The Bertz CT molecular complexity index is 1910. The van der Waals surface area contributed by atoms with E-state index >= 15 is 0 Å². The molecule has 6 aliphatic rings. The number of piperidine rings is 1. The van der Waals surface area contributed by atoms with E-state index < -0.39 is 26.8 Å². The van der Waals surface area contributed by atoms with E-state index in [2.05, 4.69) is 57.6 Å². The SMILES string of the molecule is CC(C)CO[C@@]1(CN2CCN3CCCC[C@@H]3C2)/C=C/C[C@H](C)[C@@H](C)S(=O)(=O)NC(=O)c2ccc3c(c2)N(C[C@@H]2CC[C@H]21)C[C@@]1(CCCc2cc(Cl)ccc21)CO3. The van der Waals surface area contributed by atoms with E-state index in [0.717, 1.165) is 87.8 Å². The Morgan fingerprint density at radius 1 is 1.02 bits per heavy atom. The molecule has 0 aromatic heterocycles. The molecule has 2 aromatic rings. The van der Waals surface area contributed by atoms with Gasteiger partial charge in [-0.3, -0.25) is 14.6 Å². The Labute approximate surface area is 340 Å². The number of aryl methyl sites for hydroxylation is 1. The van der Waals surface area contributed by atoms with E-state index in [0.29, 0.717) is 43.1 Å². The van der Waals surface area contributed by atoms with Crippen molar-refractivity contribution in [2.24, 2.45) is 23.7 Å². The zero-order valence-electron chi connectivity index (χ0n) is 34.0. The molecule has 1 amide bonds. The first-order valence-corrected chi connectivity index (χ1v) is 23.4. The fourth-order valence-electron chi connectivity index (χ4n) is 10.8. The predicted molar refractivity (Wildman–Crippen MR) is 224 cm³/mol. The third-order valence-electron chi connectivity index (χ3n) is 14.3. The quantitative estimate of drug-likeness (QED) is 0.312. The Morgan fingerprint density at radius 2 is 1.88 bits per heavy atom. The van der Waals surface area contributed by atoms with Crippen LogP contribution in [0.2, 0.25) is 5.02 Å². The first-order valence-electron chi connectivity index (χ1n) is 21.5. The van der Waals surface area contributed by atoms with Crippen molar-refractivity contribution in [2.75, 3.05) is 63.9 Å². The lowest BCUT2D eigenvalue weighted by atomic mass is 9.63. The minimum atomic E-state index is -3.96. The Hall–Kier alpha value is -2.63. The summed E-state index contributed by atoms with van der Waals surface area (Å²) in [5, 5.41) is -0.0165. The number of anilines is 1. The van der Waals surface area contributed by atoms with Crippen molar-refractivity contribution in [3.63, 3.8) is 0 Å². The number of nitrogens with one attached hydrogen (secondary N) is 1. The van der Waals surface area contributed by atoms with Crippen LogP contribution in [-0.2, 0) is 26.6 Å². The van der Waals surface area contributed by atoms with Crippen LogP contribution in [0.15, 0.2) is 48.6 Å². The minimum Gasteiger partial charge on any atom is -0.490 e. The van der Waals surface area contributed by atoms with Gasteiger partial charge < -0.3 is 14.4 Å². The van der Waals surface area contributed by atoms with E-state index in [9.17, 15) is 13.2 Å². The number of amides is 1. The average molecular weight is 808 g/mol. The highest BCUT2D eigenvalue weighted by Crippen LogP contribution is 2.50. The molecule has 8 rings (SSSR count). The zero-order valence-corrected chi connectivity index (χ0v) is 35.6. The molecular formula is C45H63ClN4O5S. The number of piperazine rings is 1. The molecule has 4 heterocycles. The lowest BCUT2D eigenvalue weighted by Crippen LogP contribution is -2.61. The van der Waals surface area contributed by atoms with E-state index in [1.165, 1.54) is 36.9 Å². The maximum atomic E-state index is 13.8. The molecule has 11 heteroatoms. The summed E-state index contributed by atoms with van der Waals surface area (Å²) in [7, 11) is -3.96. The number of halogens is 1. The Morgan fingerprint density at radius 3 is 2.68 bits per heavy atom. The van der Waals surface area contributed by atoms with Gasteiger partial charge in [-0.25, -0.2) is 13.1 Å². The lowest BCUT2D eigenvalue weighted by Gasteiger charge is -2.53. The third-order valence-corrected chi connectivity index (χ3v) is 16.5. The van der Waals surface area contributed by atoms with Crippen LogP contribution in [0.1, 0.15) is 101 Å². The standard InChI is InChI=1S/C45H63ClN4O5S/c1-31(2)27-55-45(29-48-21-22-49-20-6-5-11-38(49)26-48)19-7-9-32(3)33(4)56(52,53)47-43(51)35-13-17-42-41(24-35)50(25-36-12-15-40(36)45)28-44(30-54-42)18-8-10-34-23-37(46)14-16-39(34)44/h7,13-14,16-17,19,23-24,31-33,36,38,40H,5-6,8-12,15,18,20-22,25-30H2,1-4H3,(H,47,51)/b19-7+/t32-,33+,36-,38+,40+,44-,45+/m0/s1. The molecule has 0 unspecified atom stereocenters. The van der Waals surface area contributed by atoms with Gasteiger partial charge in [0.2, 0.25) is 10.0 Å². The number of fused-ring (bicyclic) bond motifs is 5. The number of rotatable bonds is 5. The highest BCUT2D eigenvalue weighted by Gasteiger charge is 2.51. The smallest absolute Gasteiger partial charge is 0.264 e. The summed E-state index contributed by atoms with van der Waals surface area (Å²) in [5.74, 6) is 0.908. The van der Waals surface area contributed by atoms with Gasteiger partial charge in [0.15, 0.2) is 0 Å². The van der Waals surface area contributed by atoms with Crippen molar-refractivity contribution < 1.29 is 22.7 Å². The topological polar surface area (TPSA) is 91.4 Å². The fourth-order valence-corrected chi connectivity index (χ4v) is 12.2. The van der Waals surface area contributed by atoms with Crippen LogP contribution in [0.4, 0.5) is 5.69 Å². The van der Waals surface area contributed by atoms with Crippen LogP contribution in [-0.4, -0.2) is 100 Å². The van der Waals surface area contributed by atoms with Crippen LogP contribution >= 0.6 is 11.6 Å². The highest BCUT2D eigenvalue weighted by molar-refractivity contribution is 7.90. The monoisotopic (exact) mass is 806 g/mol. The normalized spacial score (nSPS) is 34.3. The number of nitrogens with zero attached hydrogens (tertiary/aromatic N) is 3. The van der Waals surface area contributed by atoms with E-state index in [1.54, 1.807) is 13.0 Å². The molecule has 2 aliphatic carbocycles. The second-order valence-corrected chi connectivity index (χ2v) is 21.1. The Balaban J connectivity index is 1.21. The fraction of sp³-hybridized carbons (Fsp3) is 0.667. The minimum absolute atomic E-state index is 0.212. The van der Waals surface area contributed by atoms with Gasteiger partial charge in [0.25, 0.3) is 5.91 Å². The number of hydrogen-bond acceptors (Lipinski definition) is 8. The summed E-state index contributed by atoms with van der Waals surface area (Å²) < 4.78 is 44.0. The molecule has 1 spiro atoms. The summed E-state index contributed by atoms with van der Waals surface area (Å²) in [6.45, 7) is 16.1. The van der Waals surface area contributed by atoms with E-state index in [-0.39, 0.29) is 17.3 Å². The number of hydrogen-bond donors (Lipinski definition) is 1. The first kappa shape index (κ1) is 40.2. The number of carbonyl (C=O) groups is 1. The maximum absolute atomic E-state index is 13.8. The molecule has 2 saturated heterocycles. The zero-order chi connectivity index (χ0) is 39.2. The second kappa shape index (κ2) is 16.2. The second-order valence-electron chi connectivity index (χ2n) is 18.6. The molecule has 4 aliphatic heterocycles. The van der Waals surface area contributed by atoms with Gasteiger partial charge >= 0.3 is 0 Å². The average Bonchev–Trinajstić information content (AvgIpc) is 3.31. The molecule has 3 fully saturated rings. The van der Waals surface area contributed by atoms with Crippen LogP contribution in [0, 0.1) is 23.7 Å². The molecule has 56 heavy (non-hydrogen) atoms. The third kappa shape index (κ3) is 8.03. The molecule has 1 saturated carbocycles. The molecule has 1 N–H and O–H groups in total. The van der Waals surface area contributed by atoms with Crippen molar-refractivity contribution in [3.8, 4) is 5.75 Å². The number of sulfonamides is 1. The number of allylic oxidation sites excluding steroid dienone is 1. The van der Waals surface area contributed by atoms with Gasteiger partial charge in [0, 0.05) is 61.3 Å². The molecule has 0 radical (unpaired) electrons. The lowest BCUT2D eigenvalue weighted by molar-refractivity contribution is -0.125. The predicted octanol–water partition coefficient (Wildman–Crippen LogP) is 7.46. The van der Waals surface area contributed by atoms with Crippen molar-refractivity contribution >= 4 is 33.2 Å². The molecular weight excluding hydrogens is 744 g/mol. The number of benzene rings is 2. The molecule has 2 aromatic carbocycles. The van der Waals surface area contributed by atoms with Gasteiger partial charge in [-0.15, -0.1) is 0 Å². The number of carbonyl (C=O) groups excluding carboxylic acids is 1. The van der Waals surface area contributed by atoms with Crippen molar-refractivity contribution in [2.45, 2.75) is 108 Å². The molecule has 9 nitrogen and oxygen atoms in total. The van der Waals surface area contributed by atoms with Crippen molar-refractivity contribution in [3.05, 3.63) is 70.3 Å². The molecule has 7 atom stereocenters. The van der Waals surface area contributed by atoms with Gasteiger partial charge in [-0.1, -0.05) is 57.0 Å². The van der Waals surface area contributed by atoms with Crippen LogP contribution in [0.25, 0.3) is 0 Å². The van der Waals surface area contributed by atoms with Gasteiger partial charge in [0.1, 0.15) is 11.4 Å². The van der Waals surface area contributed by atoms with E-state index in [1.807, 2.05) is 25.1 Å². The summed E-state index contributed by atoms with van der Waals surface area (Å²) >= 11 is 6.55. The van der Waals surface area contributed by atoms with Crippen molar-refractivity contribution in [1.82, 2.24) is 14.5 Å². The summed E-state index contributed by atoms with van der Waals surface area (Å²) in [6, 6.07) is 12.4. The summed E-state index contributed by atoms with van der Waals surface area (Å²) in [5.41, 5.74) is 2.97. The first-order chi connectivity index (χ1) is 26.8.